The Kier molecular flexibility index (Phi) is 3.37. The lowest BCUT2D eigenvalue weighted by Gasteiger charge is -2.29. The molecule has 1 amide bonds. The van der Waals surface area contributed by atoms with Crippen molar-refractivity contribution in [2.24, 2.45) is 5.92 Å². The first-order valence-electron chi connectivity index (χ1n) is 5.54. The van der Waals surface area contributed by atoms with Crippen molar-refractivity contribution in [3.63, 3.8) is 0 Å². The van der Waals surface area contributed by atoms with Crippen LogP contribution in [0, 0.1) is 5.92 Å². The first-order chi connectivity index (χ1) is 6.84. The lowest BCUT2D eigenvalue weighted by atomic mass is 9.99. The minimum Gasteiger partial charge on any atom is -0.355 e. The summed E-state index contributed by atoms with van der Waals surface area (Å²) in [5.41, 5.74) is 0. The topological polar surface area (TPSA) is 44.4 Å². The third kappa shape index (κ3) is 2.69. The first-order valence-corrected chi connectivity index (χ1v) is 5.54. The summed E-state index contributed by atoms with van der Waals surface area (Å²) in [6.45, 7) is 6.30. The van der Waals surface area contributed by atoms with Gasteiger partial charge in [-0.25, -0.2) is 0 Å². The molecule has 4 nitrogen and oxygen atoms in total. The van der Waals surface area contributed by atoms with Gasteiger partial charge in [0, 0.05) is 26.1 Å². The Bertz CT molecular complexity index is 204. The fourth-order valence-corrected chi connectivity index (χ4v) is 1.95. The van der Waals surface area contributed by atoms with Crippen LogP contribution in [-0.2, 0) is 4.79 Å². The van der Waals surface area contributed by atoms with E-state index in [1.54, 1.807) is 0 Å². The Morgan fingerprint density at radius 2 is 2.21 bits per heavy atom. The number of rotatable bonds is 3. The van der Waals surface area contributed by atoms with Crippen LogP contribution < -0.4 is 10.6 Å². The molecule has 0 atom stereocenters. The number of hydrogen-bond donors (Lipinski definition) is 2. The molecular formula is C10H19N3O. The maximum absolute atomic E-state index is 11.1. The molecule has 2 aliphatic heterocycles. The highest BCUT2D eigenvalue weighted by Crippen LogP contribution is 2.09. The normalized spacial score (nSPS) is 25.3. The van der Waals surface area contributed by atoms with Crippen LogP contribution in [0.1, 0.15) is 12.8 Å². The Morgan fingerprint density at radius 1 is 1.36 bits per heavy atom. The highest BCUT2D eigenvalue weighted by atomic mass is 16.1. The number of amides is 1. The van der Waals surface area contributed by atoms with Crippen LogP contribution in [0.25, 0.3) is 0 Å². The zero-order valence-electron chi connectivity index (χ0n) is 8.59. The van der Waals surface area contributed by atoms with Crippen molar-refractivity contribution in [1.82, 2.24) is 15.5 Å². The van der Waals surface area contributed by atoms with Crippen LogP contribution >= 0.6 is 0 Å². The van der Waals surface area contributed by atoms with Crippen molar-refractivity contribution in [2.75, 3.05) is 39.3 Å². The van der Waals surface area contributed by atoms with Gasteiger partial charge >= 0.3 is 0 Å². The molecule has 0 radical (unpaired) electrons. The highest BCUT2D eigenvalue weighted by molar-refractivity contribution is 5.76. The average molecular weight is 197 g/mol. The molecule has 0 bridgehead atoms. The van der Waals surface area contributed by atoms with E-state index < -0.39 is 0 Å². The van der Waals surface area contributed by atoms with Gasteiger partial charge in [0.05, 0.1) is 0 Å². The number of hydrogen-bond acceptors (Lipinski definition) is 3. The van der Waals surface area contributed by atoms with Crippen molar-refractivity contribution in [3.05, 3.63) is 0 Å². The van der Waals surface area contributed by atoms with Gasteiger partial charge in [-0.2, -0.15) is 0 Å². The van der Waals surface area contributed by atoms with E-state index in [1.165, 1.54) is 19.5 Å². The van der Waals surface area contributed by atoms with Gasteiger partial charge in [0.25, 0.3) is 0 Å². The molecule has 2 fully saturated rings. The van der Waals surface area contributed by atoms with Crippen LogP contribution in [-0.4, -0.2) is 50.1 Å². The Morgan fingerprint density at radius 3 is 2.93 bits per heavy atom. The fraction of sp³-hybridized carbons (Fsp3) is 0.900. The van der Waals surface area contributed by atoms with E-state index in [0.717, 1.165) is 32.1 Å². The molecule has 2 N–H and O–H groups in total. The molecule has 2 saturated heterocycles. The zero-order valence-corrected chi connectivity index (χ0v) is 8.59. The van der Waals surface area contributed by atoms with Crippen molar-refractivity contribution < 1.29 is 4.79 Å². The summed E-state index contributed by atoms with van der Waals surface area (Å²) in [6.07, 6.45) is 1.95. The van der Waals surface area contributed by atoms with Crippen molar-refractivity contribution in [1.29, 1.82) is 0 Å². The zero-order chi connectivity index (χ0) is 9.80. The molecule has 0 aliphatic carbocycles. The van der Waals surface area contributed by atoms with Crippen LogP contribution in [0.3, 0.4) is 0 Å². The second-order valence-electron chi connectivity index (χ2n) is 4.25. The molecule has 4 heteroatoms. The maximum Gasteiger partial charge on any atom is 0.221 e. The van der Waals surface area contributed by atoms with E-state index in [1.807, 2.05) is 0 Å². The van der Waals surface area contributed by atoms with Crippen molar-refractivity contribution in [3.8, 4) is 0 Å². The second kappa shape index (κ2) is 4.75. The van der Waals surface area contributed by atoms with Gasteiger partial charge in [0.15, 0.2) is 0 Å². The highest BCUT2D eigenvalue weighted by Gasteiger charge is 2.19. The third-order valence-electron chi connectivity index (χ3n) is 3.12. The minimum atomic E-state index is 0.206. The maximum atomic E-state index is 11.1. The largest absolute Gasteiger partial charge is 0.355 e. The van der Waals surface area contributed by atoms with Crippen molar-refractivity contribution >= 4 is 5.91 Å². The van der Waals surface area contributed by atoms with E-state index >= 15 is 0 Å². The summed E-state index contributed by atoms with van der Waals surface area (Å²) in [6, 6.07) is 0. The molecule has 0 aromatic carbocycles. The van der Waals surface area contributed by atoms with Crippen LogP contribution in [0.15, 0.2) is 0 Å². The molecule has 2 heterocycles. The van der Waals surface area contributed by atoms with Gasteiger partial charge in [-0.3, -0.25) is 4.79 Å². The van der Waals surface area contributed by atoms with E-state index in [0.29, 0.717) is 6.42 Å². The van der Waals surface area contributed by atoms with Gasteiger partial charge in [0.2, 0.25) is 5.91 Å². The summed E-state index contributed by atoms with van der Waals surface area (Å²) in [4.78, 5) is 13.5. The summed E-state index contributed by atoms with van der Waals surface area (Å²) >= 11 is 0. The molecule has 0 aromatic rings. The smallest absolute Gasteiger partial charge is 0.221 e. The first kappa shape index (κ1) is 9.93. The molecule has 0 unspecified atom stereocenters. The molecular weight excluding hydrogens is 178 g/mol. The Labute approximate surface area is 85.0 Å². The lowest BCUT2D eigenvalue weighted by Crippen LogP contribution is -2.43. The number of carbonyl (C=O) groups excluding carboxylic acids is 1. The fourth-order valence-electron chi connectivity index (χ4n) is 1.95. The molecule has 2 aliphatic rings. The average Bonchev–Trinajstić information content (AvgIpc) is 2.28. The number of carbonyl (C=O) groups is 1. The van der Waals surface area contributed by atoms with Gasteiger partial charge in [-0.05, 0) is 32.0 Å². The van der Waals surface area contributed by atoms with E-state index in [4.69, 9.17) is 0 Å². The molecule has 0 spiro atoms. The molecule has 0 saturated carbocycles. The van der Waals surface area contributed by atoms with Crippen LogP contribution in [0.4, 0.5) is 0 Å². The predicted octanol–water partition coefficient (Wildman–Crippen LogP) is -0.582. The third-order valence-corrected chi connectivity index (χ3v) is 3.12. The standard InChI is InChI=1S/C10H19N3O/c14-10-2-5-13(6-3-12-10)4-1-9-7-11-8-9/h9,11H,1-8H2,(H,12,14). The predicted molar refractivity (Wildman–Crippen MR) is 55.0 cm³/mol. The quantitative estimate of drug-likeness (QED) is 0.636. The van der Waals surface area contributed by atoms with Gasteiger partial charge in [0.1, 0.15) is 0 Å². The van der Waals surface area contributed by atoms with Crippen LogP contribution in [0.5, 0.6) is 0 Å². The molecule has 80 valence electrons. The number of nitrogens with zero attached hydrogens (tertiary/aromatic N) is 1. The summed E-state index contributed by atoms with van der Waals surface area (Å²) in [7, 11) is 0. The van der Waals surface area contributed by atoms with E-state index in [9.17, 15) is 4.79 Å². The minimum absolute atomic E-state index is 0.206. The molecule has 0 aromatic heterocycles. The SMILES string of the molecule is O=C1CCN(CCC2CNC2)CCN1. The Hall–Kier alpha value is -0.610. The summed E-state index contributed by atoms with van der Waals surface area (Å²) < 4.78 is 0. The van der Waals surface area contributed by atoms with E-state index in [2.05, 4.69) is 15.5 Å². The summed E-state index contributed by atoms with van der Waals surface area (Å²) in [5, 5.41) is 6.18. The van der Waals surface area contributed by atoms with Gasteiger partial charge in [-0.1, -0.05) is 0 Å². The summed E-state index contributed by atoms with van der Waals surface area (Å²) in [5.74, 6) is 1.08. The van der Waals surface area contributed by atoms with Crippen molar-refractivity contribution in [2.45, 2.75) is 12.8 Å². The number of nitrogens with one attached hydrogen (secondary N) is 2. The molecule has 14 heavy (non-hydrogen) atoms. The Balaban J connectivity index is 1.66. The van der Waals surface area contributed by atoms with Gasteiger partial charge in [-0.15, -0.1) is 0 Å². The van der Waals surface area contributed by atoms with Crippen LogP contribution in [0.2, 0.25) is 0 Å². The monoisotopic (exact) mass is 197 g/mol. The lowest BCUT2D eigenvalue weighted by molar-refractivity contribution is -0.120. The van der Waals surface area contributed by atoms with E-state index in [-0.39, 0.29) is 5.91 Å². The second-order valence-corrected chi connectivity index (χ2v) is 4.25. The van der Waals surface area contributed by atoms with Gasteiger partial charge < -0.3 is 15.5 Å². The molecule has 2 rings (SSSR count).